The second-order valence-electron chi connectivity index (χ2n) is 5.13. The Morgan fingerprint density at radius 3 is 2.58 bits per heavy atom. The quantitative estimate of drug-likeness (QED) is 0.357. The normalized spacial score (nSPS) is 15.8. The topological polar surface area (TPSA) is 105 Å². The molecule has 1 aliphatic rings. The maximum atomic E-state index is 12.5. The first-order chi connectivity index (χ1) is 12.6. The SMILES string of the molecule is O=C1CS/C(=N/N=C\c2ccccc2[N+](=O)[O-])N1C(=O)c1ccccc1. The lowest BCUT2D eigenvalue weighted by Gasteiger charge is -2.12. The number of nitro benzene ring substituents is 1. The molecule has 2 aromatic rings. The summed E-state index contributed by atoms with van der Waals surface area (Å²) in [5.74, 6) is -0.790. The number of hydrogen-bond donors (Lipinski definition) is 0. The van der Waals surface area contributed by atoms with Gasteiger partial charge in [0.15, 0.2) is 5.17 Å². The fourth-order valence-electron chi connectivity index (χ4n) is 2.25. The standard InChI is InChI=1S/C17H12N4O4S/c22-15-11-26-17(20(15)16(23)12-6-2-1-3-7-12)19-18-10-13-8-4-5-9-14(13)21(24)25/h1-10H,11H2/b18-10-,19-17+. The van der Waals surface area contributed by atoms with E-state index >= 15 is 0 Å². The molecule has 0 saturated carbocycles. The molecule has 8 nitrogen and oxygen atoms in total. The number of benzene rings is 2. The van der Waals surface area contributed by atoms with Gasteiger partial charge >= 0.3 is 0 Å². The molecule has 0 unspecified atom stereocenters. The van der Waals surface area contributed by atoms with Crippen molar-refractivity contribution < 1.29 is 14.5 Å². The van der Waals surface area contributed by atoms with Gasteiger partial charge in [-0.3, -0.25) is 19.7 Å². The summed E-state index contributed by atoms with van der Waals surface area (Å²) in [6.45, 7) is 0. The number of nitrogens with zero attached hydrogens (tertiary/aromatic N) is 4. The number of imide groups is 1. The fraction of sp³-hybridized carbons (Fsp3) is 0.0588. The third-order valence-electron chi connectivity index (χ3n) is 3.46. The van der Waals surface area contributed by atoms with Crippen LogP contribution in [-0.2, 0) is 4.79 Å². The van der Waals surface area contributed by atoms with E-state index < -0.39 is 10.8 Å². The third kappa shape index (κ3) is 3.67. The molecule has 9 heteroatoms. The number of para-hydroxylation sites is 1. The second kappa shape index (κ2) is 7.70. The minimum Gasteiger partial charge on any atom is -0.273 e. The molecule has 0 N–H and O–H groups in total. The van der Waals surface area contributed by atoms with E-state index in [9.17, 15) is 19.7 Å². The van der Waals surface area contributed by atoms with Gasteiger partial charge in [-0.25, -0.2) is 4.90 Å². The molecule has 0 atom stereocenters. The highest BCUT2D eigenvalue weighted by Gasteiger charge is 2.34. The van der Waals surface area contributed by atoms with Crippen LogP contribution in [0.3, 0.4) is 0 Å². The van der Waals surface area contributed by atoms with E-state index in [0.29, 0.717) is 5.56 Å². The molecule has 1 heterocycles. The van der Waals surface area contributed by atoms with E-state index in [1.54, 1.807) is 42.5 Å². The van der Waals surface area contributed by atoms with Crippen LogP contribution >= 0.6 is 11.8 Å². The first kappa shape index (κ1) is 17.5. The van der Waals surface area contributed by atoms with E-state index in [0.717, 1.165) is 16.7 Å². The lowest BCUT2D eigenvalue weighted by atomic mass is 10.2. The minimum absolute atomic E-state index is 0.0818. The zero-order valence-electron chi connectivity index (χ0n) is 13.3. The summed E-state index contributed by atoms with van der Waals surface area (Å²) in [5.41, 5.74) is 0.527. The van der Waals surface area contributed by atoms with Gasteiger partial charge < -0.3 is 0 Å². The van der Waals surface area contributed by atoms with Crippen molar-refractivity contribution in [3.05, 3.63) is 75.8 Å². The molecule has 0 aromatic heterocycles. The average Bonchev–Trinajstić information content (AvgIpc) is 3.02. The van der Waals surface area contributed by atoms with E-state index in [1.165, 1.54) is 18.3 Å². The average molecular weight is 368 g/mol. The maximum Gasteiger partial charge on any atom is 0.278 e. The Bertz CT molecular complexity index is 927. The molecule has 1 fully saturated rings. The van der Waals surface area contributed by atoms with Crippen LogP contribution in [-0.4, -0.2) is 38.8 Å². The summed E-state index contributed by atoms with van der Waals surface area (Å²) in [6.07, 6.45) is 1.22. The molecule has 3 rings (SSSR count). The van der Waals surface area contributed by atoms with Crippen LogP contribution in [0.2, 0.25) is 0 Å². The van der Waals surface area contributed by atoms with Gasteiger partial charge in [0.05, 0.1) is 22.5 Å². The van der Waals surface area contributed by atoms with E-state index in [1.807, 2.05) is 0 Å². The van der Waals surface area contributed by atoms with Crippen LogP contribution in [0.1, 0.15) is 15.9 Å². The van der Waals surface area contributed by atoms with Crippen molar-refractivity contribution in [2.24, 2.45) is 10.2 Å². The second-order valence-corrected chi connectivity index (χ2v) is 6.07. The van der Waals surface area contributed by atoms with Crippen LogP contribution < -0.4 is 0 Å². The van der Waals surface area contributed by atoms with Gasteiger partial charge in [-0.2, -0.15) is 5.10 Å². The molecule has 2 amide bonds. The molecule has 26 heavy (non-hydrogen) atoms. The Labute approximate surface area is 152 Å². The van der Waals surface area contributed by atoms with Crippen molar-refractivity contribution in [1.29, 1.82) is 0 Å². The van der Waals surface area contributed by atoms with E-state index in [2.05, 4.69) is 10.2 Å². The monoisotopic (exact) mass is 368 g/mol. The van der Waals surface area contributed by atoms with Crippen LogP contribution in [0.15, 0.2) is 64.8 Å². The zero-order chi connectivity index (χ0) is 18.5. The van der Waals surface area contributed by atoms with Gasteiger partial charge in [-0.05, 0) is 18.2 Å². The predicted molar refractivity (Wildman–Crippen MR) is 98.2 cm³/mol. The van der Waals surface area contributed by atoms with Gasteiger partial charge in [0, 0.05) is 11.6 Å². The van der Waals surface area contributed by atoms with Gasteiger partial charge in [0.25, 0.3) is 11.6 Å². The van der Waals surface area contributed by atoms with Crippen LogP contribution in [0.4, 0.5) is 5.69 Å². The van der Waals surface area contributed by atoms with Crippen molar-refractivity contribution in [2.75, 3.05) is 5.75 Å². The summed E-state index contributed by atoms with van der Waals surface area (Å²) in [5, 5.41) is 18.9. The van der Waals surface area contributed by atoms with Crippen molar-refractivity contribution in [3.8, 4) is 0 Å². The number of amides is 2. The van der Waals surface area contributed by atoms with Gasteiger partial charge in [-0.1, -0.05) is 42.1 Å². The number of carbonyl (C=O) groups excluding carboxylic acids is 2. The Balaban J connectivity index is 1.85. The van der Waals surface area contributed by atoms with Gasteiger partial charge in [0.2, 0.25) is 5.91 Å². The molecule has 0 radical (unpaired) electrons. The number of carbonyl (C=O) groups is 2. The lowest BCUT2D eigenvalue weighted by Crippen LogP contribution is -2.35. The highest BCUT2D eigenvalue weighted by Crippen LogP contribution is 2.22. The molecule has 130 valence electrons. The highest BCUT2D eigenvalue weighted by atomic mass is 32.2. The molecule has 1 saturated heterocycles. The fourth-order valence-corrected chi connectivity index (χ4v) is 3.05. The van der Waals surface area contributed by atoms with Crippen LogP contribution in [0, 0.1) is 10.1 Å². The zero-order valence-corrected chi connectivity index (χ0v) is 14.1. The van der Waals surface area contributed by atoms with Gasteiger partial charge in [-0.15, -0.1) is 5.10 Å². The van der Waals surface area contributed by atoms with Crippen molar-refractivity contribution in [1.82, 2.24) is 4.90 Å². The highest BCUT2D eigenvalue weighted by molar-refractivity contribution is 8.15. The third-order valence-corrected chi connectivity index (χ3v) is 4.38. The summed E-state index contributed by atoms with van der Waals surface area (Å²) in [4.78, 5) is 36.0. The number of thioether (sulfide) groups is 1. The Kier molecular flexibility index (Phi) is 5.18. The Hall–Kier alpha value is -3.33. The van der Waals surface area contributed by atoms with E-state index in [-0.39, 0.29) is 28.1 Å². The summed E-state index contributed by atoms with van der Waals surface area (Å²) < 4.78 is 0. The number of hydrogen-bond acceptors (Lipinski definition) is 7. The molecule has 2 aromatic carbocycles. The number of rotatable bonds is 4. The molecule has 1 aliphatic heterocycles. The Morgan fingerprint density at radius 1 is 1.15 bits per heavy atom. The summed E-state index contributed by atoms with van der Waals surface area (Å²) in [6, 6.07) is 14.4. The van der Waals surface area contributed by atoms with E-state index in [4.69, 9.17) is 0 Å². The molecular weight excluding hydrogens is 356 g/mol. The molecule has 0 spiro atoms. The summed E-state index contributed by atoms with van der Waals surface area (Å²) >= 11 is 1.09. The number of amidine groups is 1. The van der Waals surface area contributed by atoms with Crippen LogP contribution in [0.5, 0.6) is 0 Å². The molecule has 0 aliphatic carbocycles. The largest absolute Gasteiger partial charge is 0.278 e. The lowest BCUT2D eigenvalue weighted by molar-refractivity contribution is -0.385. The summed E-state index contributed by atoms with van der Waals surface area (Å²) in [7, 11) is 0. The van der Waals surface area contributed by atoms with Gasteiger partial charge in [0.1, 0.15) is 0 Å². The minimum atomic E-state index is -0.520. The van der Waals surface area contributed by atoms with Crippen molar-refractivity contribution in [3.63, 3.8) is 0 Å². The first-order valence-electron chi connectivity index (χ1n) is 7.47. The predicted octanol–water partition coefficient (Wildman–Crippen LogP) is 2.70. The molecular formula is C17H12N4O4S. The maximum absolute atomic E-state index is 12.5. The smallest absolute Gasteiger partial charge is 0.273 e. The Morgan fingerprint density at radius 2 is 1.85 bits per heavy atom. The number of nitro groups is 1. The first-order valence-corrected chi connectivity index (χ1v) is 8.46. The van der Waals surface area contributed by atoms with Crippen molar-refractivity contribution >= 4 is 40.6 Å². The van der Waals surface area contributed by atoms with Crippen molar-refractivity contribution in [2.45, 2.75) is 0 Å². The molecule has 0 bridgehead atoms. The van der Waals surface area contributed by atoms with Crippen LogP contribution in [0.25, 0.3) is 0 Å².